The molecule has 4 nitrogen and oxygen atoms in total. The molecule has 0 radical (unpaired) electrons. The van der Waals surface area contributed by atoms with Gasteiger partial charge in [0, 0.05) is 18.2 Å². The zero-order valence-electron chi connectivity index (χ0n) is 17.9. The molecule has 5 heteroatoms. The molecular weight excluding hydrogens is 381 g/mol. The van der Waals surface area contributed by atoms with Gasteiger partial charge in [-0.25, -0.2) is 4.39 Å². The predicted molar refractivity (Wildman–Crippen MR) is 116 cm³/mol. The van der Waals surface area contributed by atoms with E-state index in [2.05, 4.69) is 13.0 Å². The standard InChI is InChI=1S/C25H32FNO3/c1-4-21-18(14-28)13-23-24(16(3)30-25(23)29)22(21)11-10-20(27)9-8-15(2)17-6-5-7-19(26)12-17/h5-12,16,18,21-24,28H,4,13-14,27H2,1-3H3/b11-10+,15-8+,20-9-. The van der Waals surface area contributed by atoms with Crippen molar-refractivity contribution < 1.29 is 19.0 Å². The maximum atomic E-state index is 13.4. The van der Waals surface area contributed by atoms with Crippen LogP contribution >= 0.6 is 0 Å². The van der Waals surface area contributed by atoms with Gasteiger partial charge in [-0.2, -0.15) is 0 Å². The van der Waals surface area contributed by atoms with E-state index in [9.17, 15) is 14.3 Å². The van der Waals surface area contributed by atoms with Crippen molar-refractivity contribution >= 4 is 11.5 Å². The molecule has 1 heterocycles. The zero-order chi connectivity index (χ0) is 21.8. The van der Waals surface area contributed by atoms with Crippen LogP contribution in [0, 0.1) is 35.4 Å². The van der Waals surface area contributed by atoms with Gasteiger partial charge in [0.15, 0.2) is 0 Å². The minimum absolute atomic E-state index is 0.0780. The molecule has 2 fully saturated rings. The summed E-state index contributed by atoms with van der Waals surface area (Å²) in [6.07, 6.45) is 9.13. The third-order valence-corrected chi connectivity index (χ3v) is 6.74. The number of rotatable bonds is 6. The fourth-order valence-electron chi connectivity index (χ4n) is 5.18. The van der Waals surface area contributed by atoms with Gasteiger partial charge in [-0.15, -0.1) is 0 Å². The molecule has 6 atom stereocenters. The van der Waals surface area contributed by atoms with Crippen molar-refractivity contribution in [2.75, 3.05) is 6.61 Å². The second-order valence-corrected chi connectivity index (χ2v) is 8.54. The van der Waals surface area contributed by atoms with Crippen LogP contribution in [0.2, 0.25) is 0 Å². The number of nitrogens with two attached hydrogens (primary N) is 1. The van der Waals surface area contributed by atoms with Gasteiger partial charge in [-0.3, -0.25) is 4.79 Å². The first-order chi connectivity index (χ1) is 14.3. The van der Waals surface area contributed by atoms with Crippen molar-refractivity contribution in [3.63, 3.8) is 0 Å². The molecule has 1 saturated heterocycles. The number of hydrogen-bond acceptors (Lipinski definition) is 4. The number of esters is 1. The number of cyclic esters (lactones) is 1. The molecule has 1 aliphatic heterocycles. The highest BCUT2D eigenvalue weighted by atomic mass is 19.1. The zero-order valence-corrected chi connectivity index (χ0v) is 17.9. The molecular formula is C25H32FNO3. The summed E-state index contributed by atoms with van der Waals surface area (Å²) in [6.45, 7) is 6.07. The molecule has 0 amide bonds. The van der Waals surface area contributed by atoms with E-state index in [0.29, 0.717) is 12.1 Å². The van der Waals surface area contributed by atoms with Crippen LogP contribution in [0.5, 0.6) is 0 Å². The number of aliphatic hydroxyl groups excluding tert-OH is 1. The molecule has 162 valence electrons. The molecule has 0 aromatic heterocycles. The molecule has 6 unspecified atom stereocenters. The first-order valence-electron chi connectivity index (χ1n) is 10.7. The molecule has 1 aromatic carbocycles. The Bertz CT molecular complexity index is 860. The lowest BCUT2D eigenvalue weighted by atomic mass is 9.60. The van der Waals surface area contributed by atoms with Crippen LogP contribution in [0.15, 0.2) is 54.3 Å². The SMILES string of the molecule is CCC1C(CO)CC2C(=O)OC(C)C2C1/C=C/C(N)=C/C=C(\C)c1cccc(F)c1. The number of aliphatic hydroxyl groups is 1. The maximum absolute atomic E-state index is 13.4. The van der Waals surface area contributed by atoms with Crippen LogP contribution in [-0.4, -0.2) is 23.8 Å². The Morgan fingerprint density at radius 3 is 2.80 bits per heavy atom. The average molecular weight is 414 g/mol. The van der Waals surface area contributed by atoms with Gasteiger partial charge in [-0.05, 0) is 73.4 Å². The summed E-state index contributed by atoms with van der Waals surface area (Å²) in [6, 6.07) is 6.45. The number of allylic oxidation sites excluding steroid dienone is 5. The van der Waals surface area contributed by atoms with Gasteiger partial charge in [0.05, 0.1) is 5.92 Å². The molecule has 0 spiro atoms. The lowest BCUT2D eigenvalue weighted by molar-refractivity contribution is -0.144. The Kier molecular flexibility index (Phi) is 7.14. The van der Waals surface area contributed by atoms with Gasteiger partial charge in [0.2, 0.25) is 0 Å². The molecule has 0 bridgehead atoms. The number of fused-ring (bicyclic) bond motifs is 1. The first kappa shape index (κ1) is 22.3. The van der Waals surface area contributed by atoms with E-state index in [1.807, 2.05) is 32.1 Å². The third-order valence-electron chi connectivity index (χ3n) is 6.74. The van der Waals surface area contributed by atoms with Crippen molar-refractivity contribution in [3.05, 3.63) is 65.6 Å². The van der Waals surface area contributed by atoms with Crippen molar-refractivity contribution in [1.82, 2.24) is 0 Å². The van der Waals surface area contributed by atoms with E-state index in [0.717, 1.165) is 17.6 Å². The highest BCUT2D eigenvalue weighted by Crippen LogP contribution is 2.50. The highest BCUT2D eigenvalue weighted by molar-refractivity contribution is 5.75. The van der Waals surface area contributed by atoms with E-state index in [-0.39, 0.29) is 54.1 Å². The number of carbonyl (C=O) groups excluding carboxylic acids is 1. The second-order valence-electron chi connectivity index (χ2n) is 8.54. The molecule has 3 rings (SSSR count). The Morgan fingerprint density at radius 1 is 1.37 bits per heavy atom. The Labute approximate surface area is 178 Å². The summed E-state index contributed by atoms with van der Waals surface area (Å²) in [4.78, 5) is 12.3. The minimum Gasteiger partial charge on any atom is -0.462 e. The summed E-state index contributed by atoms with van der Waals surface area (Å²) in [7, 11) is 0. The predicted octanol–water partition coefficient (Wildman–Crippen LogP) is 4.46. The second kappa shape index (κ2) is 9.61. The van der Waals surface area contributed by atoms with Gasteiger partial charge in [0.1, 0.15) is 11.9 Å². The van der Waals surface area contributed by atoms with Gasteiger partial charge >= 0.3 is 5.97 Å². The summed E-state index contributed by atoms with van der Waals surface area (Å²) in [5.74, 6) is 0.0267. The van der Waals surface area contributed by atoms with Crippen LogP contribution in [0.25, 0.3) is 5.57 Å². The fraction of sp³-hybridized carbons (Fsp3) is 0.480. The summed E-state index contributed by atoms with van der Waals surface area (Å²) in [5, 5.41) is 9.89. The molecule has 1 aliphatic carbocycles. The van der Waals surface area contributed by atoms with E-state index in [1.54, 1.807) is 12.1 Å². The third kappa shape index (κ3) is 4.67. The van der Waals surface area contributed by atoms with Crippen LogP contribution in [0.1, 0.15) is 39.2 Å². The summed E-state index contributed by atoms with van der Waals surface area (Å²) >= 11 is 0. The van der Waals surface area contributed by atoms with Crippen molar-refractivity contribution in [2.45, 2.75) is 39.7 Å². The molecule has 1 saturated carbocycles. The lowest BCUT2D eigenvalue weighted by Crippen LogP contribution is -2.42. The van der Waals surface area contributed by atoms with E-state index >= 15 is 0 Å². The van der Waals surface area contributed by atoms with Crippen LogP contribution in [0.3, 0.4) is 0 Å². The number of hydrogen-bond donors (Lipinski definition) is 2. The van der Waals surface area contributed by atoms with Crippen molar-refractivity contribution in [3.8, 4) is 0 Å². The quantitative estimate of drug-likeness (QED) is 0.533. The van der Waals surface area contributed by atoms with Crippen molar-refractivity contribution in [2.24, 2.45) is 35.3 Å². The van der Waals surface area contributed by atoms with Crippen molar-refractivity contribution in [1.29, 1.82) is 0 Å². The van der Waals surface area contributed by atoms with Gasteiger partial charge in [-0.1, -0.05) is 37.6 Å². The maximum Gasteiger partial charge on any atom is 0.309 e. The number of carbonyl (C=O) groups is 1. The number of halogens is 1. The number of benzene rings is 1. The van der Waals surface area contributed by atoms with E-state index in [4.69, 9.17) is 10.5 Å². The van der Waals surface area contributed by atoms with Crippen LogP contribution in [-0.2, 0) is 9.53 Å². The molecule has 2 aliphatic rings. The first-order valence-corrected chi connectivity index (χ1v) is 10.7. The summed E-state index contributed by atoms with van der Waals surface area (Å²) in [5.41, 5.74) is 8.52. The molecule has 3 N–H and O–H groups in total. The summed E-state index contributed by atoms with van der Waals surface area (Å²) < 4.78 is 18.9. The van der Waals surface area contributed by atoms with Gasteiger partial charge < -0.3 is 15.6 Å². The Hall–Kier alpha value is -2.40. The van der Waals surface area contributed by atoms with Gasteiger partial charge in [0.25, 0.3) is 0 Å². The monoisotopic (exact) mass is 413 g/mol. The van der Waals surface area contributed by atoms with E-state index < -0.39 is 0 Å². The molecule has 1 aromatic rings. The highest BCUT2D eigenvalue weighted by Gasteiger charge is 2.52. The fourth-order valence-corrected chi connectivity index (χ4v) is 5.18. The Morgan fingerprint density at radius 2 is 2.13 bits per heavy atom. The largest absolute Gasteiger partial charge is 0.462 e. The Balaban J connectivity index is 1.81. The normalized spacial score (nSPS) is 32.4. The van der Waals surface area contributed by atoms with Crippen LogP contribution in [0.4, 0.5) is 4.39 Å². The smallest absolute Gasteiger partial charge is 0.309 e. The van der Waals surface area contributed by atoms with Crippen LogP contribution < -0.4 is 5.73 Å². The topological polar surface area (TPSA) is 72.5 Å². The van der Waals surface area contributed by atoms with E-state index in [1.165, 1.54) is 12.1 Å². The average Bonchev–Trinajstić information content (AvgIpc) is 3.02. The number of ether oxygens (including phenoxy) is 1. The minimum atomic E-state index is -0.268. The molecule has 30 heavy (non-hydrogen) atoms. The lowest BCUT2D eigenvalue weighted by Gasteiger charge is -2.42.